The van der Waals surface area contributed by atoms with Crippen molar-refractivity contribution in [2.45, 2.75) is 19.3 Å². The van der Waals surface area contributed by atoms with Gasteiger partial charge in [0.2, 0.25) is 5.91 Å². The molecule has 1 aliphatic heterocycles. The molecule has 138 valence electrons. The number of nitrogens with zero attached hydrogens (tertiary/aromatic N) is 2. The highest BCUT2D eigenvalue weighted by molar-refractivity contribution is 5.94. The van der Waals surface area contributed by atoms with E-state index in [0.717, 1.165) is 16.8 Å². The summed E-state index contributed by atoms with van der Waals surface area (Å²) in [6.07, 6.45) is 2.16. The highest BCUT2D eigenvalue weighted by Gasteiger charge is 2.32. The van der Waals surface area contributed by atoms with Gasteiger partial charge in [0.05, 0.1) is 26.1 Å². The molecule has 2 aromatic carbocycles. The molecule has 0 spiro atoms. The average molecular weight is 363 g/mol. The van der Waals surface area contributed by atoms with E-state index in [1.807, 2.05) is 55.6 Å². The Kier molecular flexibility index (Phi) is 4.32. The van der Waals surface area contributed by atoms with Crippen LogP contribution in [0.2, 0.25) is 0 Å². The fourth-order valence-electron chi connectivity index (χ4n) is 3.49. The van der Waals surface area contributed by atoms with Crippen LogP contribution in [0.1, 0.15) is 29.0 Å². The first-order valence-electron chi connectivity index (χ1n) is 8.77. The number of rotatable bonds is 4. The number of amides is 1. The quantitative estimate of drug-likeness (QED) is 0.768. The van der Waals surface area contributed by atoms with Crippen molar-refractivity contribution < 1.29 is 14.3 Å². The molecule has 27 heavy (non-hydrogen) atoms. The zero-order chi connectivity index (χ0) is 19.0. The lowest BCUT2D eigenvalue weighted by molar-refractivity contribution is -0.116. The topological polar surface area (TPSA) is 65.4 Å². The van der Waals surface area contributed by atoms with Crippen LogP contribution in [-0.4, -0.2) is 29.9 Å². The zero-order valence-corrected chi connectivity index (χ0v) is 15.5. The van der Waals surface area contributed by atoms with Crippen LogP contribution in [0.5, 0.6) is 11.5 Å². The maximum atomic E-state index is 12.5. The number of methoxy groups -OCH3 is 2. The van der Waals surface area contributed by atoms with E-state index in [1.165, 1.54) is 5.56 Å². The minimum atomic E-state index is -0.131. The highest BCUT2D eigenvalue weighted by atomic mass is 16.5. The molecule has 2 heterocycles. The molecular weight excluding hydrogens is 342 g/mol. The lowest BCUT2D eigenvalue weighted by Gasteiger charge is -2.25. The SMILES string of the molecule is COc1ccc(C2CC(=O)Nc3c2cnn3-c2ccc(C)cc2)c(OC)c1. The van der Waals surface area contributed by atoms with Gasteiger partial charge in [-0.3, -0.25) is 4.79 Å². The van der Waals surface area contributed by atoms with E-state index in [-0.39, 0.29) is 11.8 Å². The second kappa shape index (κ2) is 6.79. The molecule has 1 atom stereocenters. The predicted molar refractivity (Wildman–Crippen MR) is 103 cm³/mol. The van der Waals surface area contributed by atoms with Crippen LogP contribution in [0.25, 0.3) is 5.69 Å². The highest BCUT2D eigenvalue weighted by Crippen LogP contribution is 2.42. The molecule has 1 unspecified atom stereocenters. The van der Waals surface area contributed by atoms with Crippen molar-refractivity contribution in [1.29, 1.82) is 0 Å². The first kappa shape index (κ1) is 17.1. The first-order valence-corrected chi connectivity index (χ1v) is 8.77. The number of nitrogens with one attached hydrogen (secondary N) is 1. The van der Waals surface area contributed by atoms with E-state index >= 15 is 0 Å². The number of aromatic nitrogens is 2. The van der Waals surface area contributed by atoms with Crippen molar-refractivity contribution in [2.24, 2.45) is 0 Å². The number of anilines is 1. The van der Waals surface area contributed by atoms with Gasteiger partial charge in [-0.15, -0.1) is 0 Å². The maximum absolute atomic E-state index is 12.5. The van der Waals surface area contributed by atoms with E-state index in [9.17, 15) is 4.79 Å². The molecule has 4 rings (SSSR count). The minimum Gasteiger partial charge on any atom is -0.497 e. The Hall–Kier alpha value is -3.28. The van der Waals surface area contributed by atoms with E-state index in [4.69, 9.17) is 9.47 Å². The van der Waals surface area contributed by atoms with Gasteiger partial charge >= 0.3 is 0 Å². The lowest BCUT2D eigenvalue weighted by atomic mass is 9.86. The van der Waals surface area contributed by atoms with Crippen molar-refractivity contribution in [3.63, 3.8) is 0 Å². The Labute approximate surface area is 157 Å². The van der Waals surface area contributed by atoms with Gasteiger partial charge in [0.25, 0.3) is 0 Å². The largest absolute Gasteiger partial charge is 0.497 e. The second-order valence-electron chi connectivity index (χ2n) is 6.61. The minimum absolute atomic E-state index is 0.0424. The van der Waals surface area contributed by atoms with Crippen molar-refractivity contribution in [2.75, 3.05) is 19.5 Å². The van der Waals surface area contributed by atoms with E-state index in [1.54, 1.807) is 18.9 Å². The van der Waals surface area contributed by atoms with Crippen molar-refractivity contribution >= 4 is 11.7 Å². The van der Waals surface area contributed by atoms with E-state index in [2.05, 4.69) is 10.4 Å². The summed E-state index contributed by atoms with van der Waals surface area (Å²) >= 11 is 0. The smallest absolute Gasteiger partial charge is 0.226 e. The fraction of sp³-hybridized carbons (Fsp3) is 0.238. The molecule has 6 heteroatoms. The first-order chi connectivity index (χ1) is 13.1. The van der Waals surface area contributed by atoms with Crippen LogP contribution >= 0.6 is 0 Å². The van der Waals surface area contributed by atoms with Gasteiger partial charge in [0.15, 0.2) is 0 Å². The standard InChI is InChI=1S/C21H21N3O3/c1-13-4-6-14(7-5-13)24-21-18(12-22-24)17(11-20(25)23-21)16-9-8-15(26-2)10-19(16)27-3/h4-10,12,17H,11H2,1-3H3,(H,23,25). The second-order valence-corrected chi connectivity index (χ2v) is 6.61. The molecule has 0 fully saturated rings. The van der Waals surface area contributed by atoms with Crippen LogP contribution in [0.3, 0.4) is 0 Å². The normalized spacial score (nSPS) is 15.8. The van der Waals surface area contributed by atoms with Crippen molar-refractivity contribution in [3.8, 4) is 17.2 Å². The average Bonchev–Trinajstić information content (AvgIpc) is 3.11. The van der Waals surface area contributed by atoms with Gasteiger partial charge in [0.1, 0.15) is 17.3 Å². The number of aryl methyl sites for hydroxylation is 1. The summed E-state index contributed by atoms with van der Waals surface area (Å²) < 4.78 is 12.6. The third-order valence-electron chi connectivity index (χ3n) is 4.91. The molecule has 0 aliphatic carbocycles. The molecule has 0 radical (unpaired) electrons. The summed E-state index contributed by atoms with van der Waals surface area (Å²) in [5, 5.41) is 7.51. The molecule has 1 amide bonds. The van der Waals surface area contributed by atoms with Crippen LogP contribution < -0.4 is 14.8 Å². The van der Waals surface area contributed by atoms with Gasteiger partial charge < -0.3 is 14.8 Å². The molecule has 0 saturated heterocycles. The molecular formula is C21H21N3O3. The molecule has 6 nitrogen and oxygen atoms in total. The molecule has 1 aliphatic rings. The summed E-state index contributed by atoms with van der Waals surface area (Å²) in [6.45, 7) is 2.04. The number of benzene rings is 2. The summed E-state index contributed by atoms with van der Waals surface area (Å²) in [6, 6.07) is 13.7. The van der Waals surface area contributed by atoms with Gasteiger partial charge in [-0.25, -0.2) is 4.68 Å². The van der Waals surface area contributed by atoms with Gasteiger partial charge in [-0.1, -0.05) is 23.8 Å². The van der Waals surface area contributed by atoms with Gasteiger partial charge in [-0.05, 0) is 25.1 Å². The third-order valence-corrected chi connectivity index (χ3v) is 4.91. The Balaban J connectivity index is 1.81. The monoisotopic (exact) mass is 363 g/mol. The number of ether oxygens (including phenoxy) is 2. The van der Waals surface area contributed by atoms with Crippen LogP contribution in [0.4, 0.5) is 5.82 Å². The molecule has 0 bridgehead atoms. The zero-order valence-electron chi connectivity index (χ0n) is 15.5. The summed E-state index contributed by atoms with van der Waals surface area (Å²) in [7, 11) is 3.24. The summed E-state index contributed by atoms with van der Waals surface area (Å²) in [4.78, 5) is 12.5. The number of hydrogen-bond donors (Lipinski definition) is 1. The Bertz CT molecular complexity index is 992. The van der Waals surface area contributed by atoms with E-state index in [0.29, 0.717) is 23.7 Å². The van der Waals surface area contributed by atoms with Crippen LogP contribution in [-0.2, 0) is 4.79 Å². The number of carbonyl (C=O) groups excluding carboxylic acids is 1. The predicted octanol–water partition coefficient (Wildman–Crippen LogP) is 3.67. The summed E-state index contributed by atoms with van der Waals surface area (Å²) in [5.74, 6) is 1.94. The van der Waals surface area contributed by atoms with Crippen LogP contribution in [0, 0.1) is 6.92 Å². The Morgan fingerprint density at radius 2 is 1.85 bits per heavy atom. The Morgan fingerprint density at radius 1 is 1.07 bits per heavy atom. The van der Waals surface area contributed by atoms with E-state index < -0.39 is 0 Å². The fourth-order valence-corrected chi connectivity index (χ4v) is 3.49. The molecule has 1 N–H and O–H groups in total. The number of carbonyl (C=O) groups is 1. The Morgan fingerprint density at radius 3 is 2.56 bits per heavy atom. The van der Waals surface area contributed by atoms with Gasteiger partial charge in [-0.2, -0.15) is 5.10 Å². The van der Waals surface area contributed by atoms with Crippen molar-refractivity contribution in [3.05, 3.63) is 65.4 Å². The third kappa shape index (κ3) is 3.03. The molecule has 0 saturated carbocycles. The maximum Gasteiger partial charge on any atom is 0.226 e. The summed E-state index contributed by atoms with van der Waals surface area (Å²) in [5.41, 5.74) is 3.99. The number of hydrogen-bond acceptors (Lipinski definition) is 4. The molecule has 3 aromatic rings. The lowest BCUT2D eigenvalue weighted by Crippen LogP contribution is -2.24. The van der Waals surface area contributed by atoms with Gasteiger partial charge in [0, 0.05) is 29.5 Å². The van der Waals surface area contributed by atoms with Crippen molar-refractivity contribution in [1.82, 2.24) is 9.78 Å². The number of fused-ring (bicyclic) bond motifs is 1. The molecule has 1 aromatic heterocycles. The van der Waals surface area contributed by atoms with Crippen LogP contribution in [0.15, 0.2) is 48.7 Å².